The van der Waals surface area contributed by atoms with Crippen molar-refractivity contribution >= 4 is 23.1 Å². The van der Waals surface area contributed by atoms with Crippen LogP contribution in [-0.2, 0) is 6.42 Å². The minimum atomic E-state index is -0.308. The number of aromatic nitrogens is 1. The van der Waals surface area contributed by atoms with Crippen LogP contribution in [0.5, 0.6) is 23.0 Å². The topological polar surface area (TPSA) is 71.3 Å². The summed E-state index contributed by atoms with van der Waals surface area (Å²) in [6, 6.07) is 19.6. The van der Waals surface area contributed by atoms with Crippen molar-refractivity contribution in [3.8, 4) is 23.0 Å². The van der Waals surface area contributed by atoms with E-state index in [0.29, 0.717) is 32.3 Å². The van der Waals surface area contributed by atoms with Crippen LogP contribution in [-0.4, -0.2) is 33.0 Å². The summed E-state index contributed by atoms with van der Waals surface area (Å²) in [5, 5.41) is 0. The van der Waals surface area contributed by atoms with Gasteiger partial charge in [0.15, 0.2) is 27.8 Å². The maximum atomic E-state index is 14.0. The Balaban J connectivity index is 1.59. The smallest absolute Gasteiger partial charge is 0.271 e. The fourth-order valence-corrected chi connectivity index (χ4v) is 6.44. The summed E-state index contributed by atoms with van der Waals surface area (Å²) in [6.45, 7) is 0. The highest BCUT2D eigenvalue weighted by atomic mass is 32.1. The van der Waals surface area contributed by atoms with Gasteiger partial charge in [0.2, 0.25) is 0 Å². The van der Waals surface area contributed by atoms with E-state index in [4.69, 9.17) is 23.9 Å². The molecule has 0 saturated carbocycles. The third-order valence-electron chi connectivity index (χ3n) is 7.30. The molecule has 1 aliphatic carbocycles. The number of ether oxygens (including phenoxy) is 4. The summed E-state index contributed by atoms with van der Waals surface area (Å²) in [4.78, 5) is 19.8. The summed E-state index contributed by atoms with van der Waals surface area (Å²) >= 11 is 1.39. The van der Waals surface area contributed by atoms with E-state index in [1.54, 1.807) is 28.4 Å². The number of fused-ring (bicyclic) bond motifs is 3. The van der Waals surface area contributed by atoms with Gasteiger partial charge in [-0.1, -0.05) is 47.7 Å². The zero-order valence-corrected chi connectivity index (χ0v) is 23.0. The number of rotatable bonds is 6. The zero-order valence-electron chi connectivity index (χ0n) is 22.2. The Bertz CT molecular complexity index is 1800. The largest absolute Gasteiger partial charge is 0.493 e. The van der Waals surface area contributed by atoms with Crippen LogP contribution in [0, 0.1) is 0 Å². The number of thiazole rings is 1. The lowest BCUT2D eigenvalue weighted by Crippen LogP contribution is -2.38. The molecule has 0 saturated heterocycles. The summed E-state index contributed by atoms with van der Waals surface area (Å²) in [7, 11) is 6.44. The van der Waals surface area contributed by atoms with Gasteiger partial charge in [0.25, 0.3) is 5.56 Å². The van der Waals surface area contributed by atoms with Gasteiger partial charge in [-0.25, -0.2) is 4.99 Å². The first kappa shape index (κ1) is 25.0. The number of hydrogen-bond acceptors (Lipinski definition) is 7. The Morgan fingerprint density at radius 1 is 0.846 bits per heavy atom. The van der Waals surface area contributed by atoms with E-state index in [2.05, 4.69) is 18.2 Å². The molecule has 0 N–H and O–H groups in total. The van der Waals surface area contributed by atoms with E-state index in [0.717, 1.165) is 40.8 Å². The molecule has 6 rings (SSSR count). The zero-order chi connectivity index (χ0) is 27.1. The molecule has 39 heavy (non-hydrogen) atoms. The Morgan fingerprint density at radius 2 is 1.54 bits per heavy atom. The molecule has 0 spiro atoms. The monoisotopic (exact) mass is 540 g/mol. The second-order valence-electron chi connectivity index (χ2n) is 9.34. The summed E-state index contributed by atoms with van der Waals surface area (Å²) < 4.78 is 24.4. The van der Waals surface area contributed by atoms with Crippen LogP contribution in [0.4, 0.5) is 0 Å². The van der Waals surface area contributed by atoms with Gasteiger partial charge in [0.1, 0.15) is 0 Å². The molecule has 1 atom stereocenters. The van der Waals surface area contributed by atoms with E-state index in [1.165, 1.54) is 16.9 Å². The minimum absolute atomic E-state index is 0.0845. The highest BCUT2D eigenvalue weighted by Gasteiger charge is 2.33. The third-order valence-corrected chi connectivity index (χ3v) is 8.28. The van der Waals surface area contributed by atoms with Crippen molar-refractivity contribution in [2.45, 2.75) is 18.9 Å². The highest BCUT2D eigenvalue weighted by molar-refractivity contribution is 7.07. The van der Waals surface area contributed by atoms with Crippen molar-refractivity contribution in [2.75, 3.05) is 28.4 Å². The number of allylic oxidation sites excluding steroid dienone is 1. The van der Waals surface area contributed by atoms with Crippen molar-refractivity contribution in [1.29, 1.82) is 0 Å². The molecule has 2 aliphatic rings. The van der Waals surface area contributed by atoms with Crippen molar-refractivity contribution in [2.24, 2.45) is 4.99 Å². The van der Waals surface area contributed by atoms with Crippen LogP contribution in [0.3, 0.4) is 0 Å². The molecule has 0 unspecified atom stereocenters. The lowest BCUT2D eigenvalue weighted by Gasteiger charge is -2.31. The molecule has 7 nitrogen and oxygen atoms in total. The molecular weight excluding hydrogens is 512 g/mol. The molecule has 1 aliphatic heterocycles. The fraction of sp³-hybridized carbons (Fsp3) is 0.226. The van der Waals surface area contributed by atoms with Crippen molar-refractivity contribution in [3.05, 3.63) is 108 Å². The van der Waals surface area contributed by atoms with Gasteiger partial charge >= 0.3 is 0 Å². The lowest BCUT2D eigenvalue weighted by molar-refractivity contribution is 0.354. The van der Waals surface area contributed by atoms with Crippen LogP contribution in [0.2, 0.25) is 0 Å². The molecule has 8 heteroatoms. The molecule has 4 aromatic rings. The maximum absolute atomic E-state index is 14.0. The van der Waals surface area contributed by atoms with E-state index in [1.807, 2.05) is 53.1 Å². The quantitative estimate of drug-likeness (QED) is 0.364. The molecule has 0 radical (unpaired) electrons. The van der Waals surface area contributed by atoms with E-state index in [9.17, 15) is 4.79 Å². The Hall–Kier alpha value is -4.30. The summed E-state index contributed by atoms with van der Waals surface area (Å²) in [5.41, 5.74) is 6.19. The molecule has 2 heterocycles. The summed E-state index contributed by atoms with van der Waals surface area (Å²) in [6.07, 6.45) is 3.59. The Kier molecular flexibility index (Phi) is 6.48. The second-order valence-corrected chi connectivity index (χ2v) is 10.4. The first-order valence-electron chi connectivity index (χ1n) is 12.6. The standard InChI is InChI=1S/C31H28N2O5S/c1-35-23-13-9-18(15-25(23)37-3)16-27-30(34)33-29(20-11-14-24(36-2)26(17-20)38-4)22-12-10-19-7-5-6-8-21(19)28(22)32-31(33)39-27/h5-9,11,13-17,29H,10,12H2,1-4H3/b27-16-/t29-/m1/s1. The third kappa shape index (κ3) is 4.21. The van der Waals surface area contributed by atoms with E-state index >= 15 is 0 Å². The molecular formula is C31H28N2O5S. The van der Waals surface area contributed by atoms with Crippen LogP contribution < -0.4 is 33.8 Å². The first-order chi connectivity index (χ1) is 19.1. The number of methoxy groups -OCH3 is 4. The number of aryl methyl sites for hydroxylation is 1. The van der Waals surface area contributed by atoms with Crippen LogP contribution in [0.15, 0.2) is 76.0 Å². The molecule has 3 aromatic carbocycles. The Morgan fingerprint density at radius 3 is 2.28 bits per heavy atom. The molecule has 198 valence electrons. The van der Waals surface area contributed by atoms with Crippen molar-refractivity contribution in [3.63, 3.8) is 0 Å². The molecule has 1 aromatic heterocycles. The Labute approximate surface area is 229 Å². The first-order valence-corrected chi connectivity index (χ1v) is 13.4. The van der Waals surface area contributed by atoms with Gasteiger partial charge in [-0.05, 0) is 65.4 Å². The van der Waals surface area contributed by atoms with Crippen LogP contribution >= 0.6 is 11.3 Å². The van der Waals surface area contributed by atoms with E-state index < -0.39 is 0 Å². The number of nitrogens with zero attached hydrogens (tertiary/aromatic N) is 2. The van der Waals surface area contributed by atoms with Gasteiger partial charge in [-0.15, -0.1) is 0 Å². The fourth-order valence-electron chi connectivity index (χ4n) is 5.44. The number of hydrogen-bond donors (Lipinski definition) is 0. The van der Waals surface area contributed by atoms with Crippen molar-refractivity contribution in [1.82, 2.24) is 4.57 Å². The van der Waals surface area contributed by atoms with Gasteiger partial charge in [0.05, 0.1) is 44.7 Å². The predicted octanol–water partition coefficient (Wildman–Crippen LogP) is 4.35. The SMILES string of the molecule is COc1ccc(/C=c2\sc3n(c2=O)[C@H](c2ccc(OC)c(OC)c2)C2=C(N=3)c3ccccc3CC2)cc1OC. The van der Waals surface area contributed by atoms with Crippen molar-refractivity contribution < 1.29 is 18.9 Å². The average Bonchev–Trinajstić information content (AvgIpc) is 3.29. The molecule has 0 bridgehead atoms. The van der Waals surface area contributed by atoms with Gasteiger partial charge in [0, 0.05) is 5.56 Å². The maximum Gasteiger partial charge on any atom is 0.271 e. The van der Waals surface area contributed by atoms with E-state index in [-0.39, 0.29) is 11.6 Å². The lowest BCUT2D eigenvalue weighted by atomic mass is 9.83. The van der Waals surface area contributed by atoms with Crippen LogP contribution in [0.25, 0.3) is 11.8 Å². The minimum Gasteiger partial charge on any atom is -0.493 e. The molecule has 0 amide bonds. The normalized spacial score (nSPS) is 16.1. The predicted molar refractivity (Wildman–Crippen MR) is 152 cm³/mol. The summed E-state index contributed by atoms with van der Waals surface area (Å²) in [5.74, 6) is 2.51. The second kappa shape index (κ2) is 10.1. The van der Waals surface area contributed by atoms with Gasteiger partial charge in [-0.3, -0.25) is 9.36 Å². The molecule has 0 fully saturated rings. The number of benzene rings is 3. The van der Waals surface area contributed by atoms with Gasteiger partial charge in [-0.2, -0.15) is 0 Å². The van der Waals surface area contributed by atoms with Gasteiger partial charge < -0.3 is 18.9 Å². The van der Waals surface area contributed by atoms with Crippen LogP contribution in [0.1, 0.15) is 34.7 Å². The average molecular weight is 541 g/mol. The highest BCUT2D eigenvalue weighted by Crippen LogP contribution is 2.42.